The molecule has 1 aliphatic heterocycles. The fourth-order valence-corrected chi connectivity index (χ4v) is 3.19. The van der Waals surface area contributed by atoms with Crippen LogP contribution in [0.15, 0.2) is 24.3 Å². The van der Waals surface area contributed by atoms with E-state index < -0.39 is 24.1 Å². The Bertz CT molecular complexity index is 622. The van der Waals surface area contributed by atoms with E-state index in [1.165, 1.54) is 23.9 Å². The van der Waals surface area contributed by atoms with Gasteiger partial charge in [0.05, 0.1) is 0 Å². The van der Waals surface area contributed by atoms with Crippen LogP contribution in [0.5, 0.6) is 5.75 Å². The maximum Gasteiger partial charge on any atom is 0.321 e. The van der Waals surface area contributed by atoms with Gasteiger partial charge in [-0.25, -0.2) is 0 Å². The van der Waals surface area contributed by atoms with E-state index in [2.05, 4.69) is 10.6 Å². The molecule has 1 saturated heterocycles. The number of piperazine rings is 1. The number of nitrogens with two attached hydrogens (primary N) is 1. The standard InChI is InChI=1S/C15H19N3O5S/c16-10(15(22)23)6-24-7-12-14(21)17-11(13(20)18-12)5-8-1-3-9(19)4-2-8/h1-4,10-12,19H,5-7,16H2,(H,17,21)(H,18,20)(H,22,23). The Hall–Kier alpha value is -2.26. The Morgan fingerprint density at radius 1 is 1.17 bits per heavy atom. The van der Waals surface area contributed by atoms with E-state index in [1.807, 2.05) is 0 Å². The topological polar surface area (TPSA) is 142 Å². The van der Waals surface area contributed by atoms with E-state index in [4.69, 9.17) is 10.8 Å². The van der Waals surface area contributed by atoms with Crippen molar-refractivity contribution in [1.29, 1.82) is 0 Å². The second-order valence-corrected chi connectivity index (χ2v) is 6.55. The normalized spacial score (nSPS) is 21.7. The maximum atomic E-state index is 12.1. The van der Waals surface area contributed by atoms with Crippen molar-refractivity contribution < 1.29 is 24.6 Å². The number of aromatic hydroxyl groups is 1. The van der Waals surface area contributed by atoms with Crippen LogP contribution in [0, 0.1) is 0 Å². The number of carboxylic acids is 1. The Morgan fingerprint density at radius 3 is 2.38 bits per heavy atom. The summed E-state index contributed by atoms with van der Waals surface area (Å²) < 4.78 is 0. The zero-order valence-corrected chi connectivity index (χ0v) is 13.6. The van der Waals surface area contributed by atoms with Crippen LogP contribution in [0.25, 0.3) is 0 Å². The third-order valence-corrected chi connectivity index (χ3v) is 4.71. The van der Waals surface area contributed by atoms with E-state index in [-0.39, 0.29) is 29.1 Å². The summed E-state index contributed by atoms with van der Waals surface area (Å²) in [6.07, 6.45) is 0.321. The lowest BCUT2D eigenvalue weighted by Crippen LogP contribution is -2.63. The largest absolute Gasteiger partial charge is 0.508 e. The second kappa shape index (κ2) is 8.02. The van der Waals surface area contributed by atoms with E-state index in [0.29, 0.717) is 6.42 Å². The molecule has 0 bridgehead atoms. The number of thioether (sulfide) groups is 1. The first-order valence-electron chi connectivity index (χ1n) is 7.31. The zero-order chi connectivity index (χ0) is 17.7. The number of carboxylic acid groups (broad SMARTS) is 1. The molecular weight excluding hydrogens is 334 g/mol. The molecule has 2 rings (SSSR count). The fourth-order valence-electron chi connectivity index (χ4n) is 2.19. The molecular formula is C15H19N3O5S. The summed E-state index contributed by atoms with van der Waals surface area (Å²) in [4.78, 5) is 34.8. The van der Waals surface area contributed by atoms with Crippen LogP contribution >= 0.6 is 11.8 Å². The van der Waals surface area contributed by atoms with Crippen molar-refractivity contribution in [2.45, 2.75) is 24.5 Å². The van der Waals surface area contributed by atoms with Gasteiger partial charge in [0, 0.05) is 17.9 Å². The van der Waals surface area contributed by atoms with Gasteiger partial charge in [0.15, 0.2) is 0 Å². The van der Waals surface area contributed by atoms with Gasteiger partial charge in [-0.15, -0.1) is 0 Å². The van der Waals surface area contributed by atoms with Crippen molar-refractivity contribution in [3.8, 4) is 5.75 Å². The van der Waals surface area contributed by atoms with E-state index >= 15 is 0 Å². The molecule has 2 amide bonds. The van der Waals surface area contributed by atoms with Gasteiger partial charge in [0.2, 0.25) is 11.8 Å². The highest BCUT2D eigenvalue weighted by molar-refractivity contribution is 7.99. The van der Waals surface area contributed by atoms with Gasteiger partial charge in [0.1, 0.15) is 23.9 Å². The minimum atomic E-state index is -1.10. The van der Waals surface area contributed by atoms with Gasteiger partial charge in [-0.1, -0.05) is 12.1 Å². The molecule has 24 heavy (non-hydrogen) atoms. The second-order valence-electron chi connectivity index (χ2n) is 5.48. The summed E-state index contributed by atoms with van der Waals surface area (Å²) in [5.41, 5.74) is 6.20. The van der Waals surface area contributed by atoms with Crippen LogP contribution in [-0.4, -0.2) is 57.6 Å². The number of carbonyl (C=O) groups is 3. The molecule has 6 N–H and O–H groups in total. The number of amides is 2. The molecule has 3 atom stereocenters. The molecule has 1 aliphatic rings. The van der Waals surface area contributed by atoms with Crippen LogP contribution in [-0.2, 0) is 20.8 Å². The number of nitrogens with one attached hydrogen (secondary N) is 2. The Morgan fingerprint density at radius 2 is 1.75 bits per heavy atom. The lowest BCUT2D eigenvalue weighted by molar-refractivity contribution is -0.137. The highest BCUT2D eigenvalue weighted by Crippen LogP contribution is 2.14. The lowest BCUT2D eigenvalue weighted by atomic mass is 10.0. The first-order valence-corrected chi connectivity index (χ1v) is 8.47. The predicted molar refractivity (Wildman–Crippen MR) is 88.6 cm³/mol. The molecule has 1 aromatic carbocycles. The van der Waals surface area contributed by atoms with Crippen molar-refractivity contribution in [3.05, 3.63) is 29.8 Å². The quantitative estimate of drug-likeness (QED) is 0.426. The van der Waals surface area contributed by atoms with Gasteiger partial charge in [0.25, 0.3) is 0 Å². The molecule has 0 saturated carbocycles. The summed E-state index contributed by atoms with van der Waals surface area (Å²) in [5, 5.41) is 23.3. The number of carbonyl (C=O) groups excluding carboxylic acids is 2. The maximum absolute atomic E-state index is 12.1. The van der Waals surface area contributed by atoms with E-state index in [0.717, 1.165) is 5.56 Å². The summed E-state index contributed by atoms with van der Waals surface area (Å²) in [7, 11) is 0. The summed E-state index contributed by atoms with van der Waals surface area (Å²) in [6, 6.07) is 4.02. The smallest absolute Gasteiger partial charge is 0.321 e. The van der Waals surface area contributed by atoms with E-state index in [9.17, 15) is 19.5 Å². The molecule has 1 heterocycles. The molecule has 0 spiro atoms. The van der Waals surface area contributed by atoms with Gasteiger partial charge in [-0.2, -0.15) is 11.8 Å². The summed E-state index contributed by atoms with van der Waals surface area (Å²) in [6.45, 7) is 0. The predicted octanol–water partition coefficient (Wildman–Crippen LogP) is -0.937. The Balaban J connectivity index is 1.85. The lowest BCUT2D eigenvalue weighted by Gasteiger charge is -2.29. The first-order chi connectivity index (χ1) is 11.4. The fraction of sp³-hybridized carbons (Fsp3) is 0.400. The van der Waals surface area contributed by atoms with E-state index in [1.54, 1.807) is 12.1 Å². The highest BCUT2D eigenvalue weighted by atomic mass is 32.2. The summed E-state index contributed by atoms with van der Waals surface area (Å²) >= 11 is 1.20. The number of phenols is 1. The van der Waals surface area contributed by atoms with Crippen LogP contribution < -0.4 is 16.4 Å². The number of hydrogen-bond acceptors (Lipinski definition) is 6. The third kappa shape index (κ3) is 4.87. The minimum Gasteiger partial charge on any atom is -0.508 e. The summed E-state index contributed by atoms with van der Waals surface area (Å²) in [5.74, 6) is -1.16. The molecule has 8 nitrogen and oxygen atoms in total. The molecule has 130 valence electrons. The number of rotatable bonds is 7. The molecule has 0 aliphatic carbocycles. The average Bonchev–Trinajstić information content (AvgIpc) is 2.53. The number of hydrogen-bond donors (Lipinski definition) is 5. The van der Waals surface area contributed by atoms with Gasteiger partial charge >= 0.3 is 5.97 Å². The molecule has 0 aromatic heterocycles. The molecule has 1 aromatic rings. The molecule has 1 fully saturated rings. The van der Waals surface area contributed by atoms with Gasteiger partial charge in [-0.05, 0) is 17.7 Å². The first kappa shape index (κ1) is 18.1. The van der Waals surface area contributed by atoms with Crippen molar-refractivity contribution in [3.63, 3.8) is 0 Å². The van der Waals surface area contributed by atoms with Crippen molar-refractivity contribution in [2.24, 2.45) is 5.73 Å². The number of phenolic OH excluding ortho intramolecular Hbond substituents is 1. The highest BCUT2D eigenvalue weighted by Gasteiger charge is 2.33. The van der Waals surface area contributed by atoms with Crippen molar-refractivity contribution >= 4 is 29.5 Å². The number of benzene rings is 1. The number of aliphatic carboxylic acids is 1. The molecule has 3 unspecified atom stereocenters. The van der Waals surface area contributed by atoms with Crippen molar-refractivity contribution in [2.75, 3.05) is 11.5 Å². The third-order valence-electron chi connectivity index (χ3n) is 3.54. The Labute approximate surface area is 142 Å². The van der Waals surface area contributed by atoms with Gasteiger partial charge in [-0.3, -0.25) is 14.4 Å². The van der Waals surface area contributed by atoms with Crippen LogP contribution in [0.4, 0.5) is 0 Å². The van der Waals surface area contributed by atoms with Crippen LogP contribution in [0.1, 0.15) is 5.56 Å². The Kier molecular flexibility index (Phi) is 6.04. The molecule has 0 radical (unpaired) electrons. The molecule has 9 heteroatoms. The SMILES string of the molecule is NC(CSCC1NC(=O)C(Cc2ccc(O)cc2)NC1=O)C(=O)O. The average molecular weight is 353 g/mol. The minimum absolute atomic E-state index is 0.132. The van der Waals surface area contributed by atoms with Crippen molar-refractivity contribution in [1.82, 2.24) is 10.6 Å². The monoisotopic (exact) mass is 353 g/mol. The zero-order valence-electron chi connectivity index (χ0n) is 12.8. The van der Waals surface area contributed by atoms with Gasteiger partial charge < -0.3 is 26.6 Å². The van der Waals surface area contributed by atoms with Crippen LogP contribution in [0.3, 0.4) is 0 Å². The van der Waals surface area contributed by atoms with Crippen LogP contribution in [0.2, 0.25) is 0 Å².